The average molecular weight is 527 g/mol. The number of benzene rings is 3. The molecule has 6 nitrogen and oxygen atoms in total. The molecule has 2 aromatic heterocycles. The first-order valence-corrected chi connectivity index (χ1v) is 12.5. The second-order valence-corrected chi connectivity index (χ2v) is 9.76. The van der Waals surface area contributed by atoms with Gasteiger partial charge in [0.1, 0.15) is 5.58 Å². The van der Waals surface area contributed by atoms with Gasteiger partial charge in [-0.05, 0) is 79.4 Å². The number of aromatic nitrogens is 2. The van der Waals surface area contributed by atoms with Crippen molar-refractivity contribution in [3.8, 4) is 11.6 Å². The molecule has 0 N–H and O–H groups in total. The van der Waals surface area contributed by atoms with Gasteiger partial charge in [0, 0.05) is 28.6 Å². The van der Waals surface area contributed by atoms with E-state index in [2.05, 4.69) is 45.0 Å². The maximum absolute atomic E-state index is 13.5. The van der Waals surface area contributed by atoms with Crippen molar-refractivity contribution in [1.29, 1.82) is 0 Å². The van der Waals surface area contributed by atoms with Crippen molar-refractivity contribution in [2.45, 2.75) is 19.8 Å². The summed E-state index contributed by atoms with van der Waals surface area (Å²) < 4.78 is 8.36. The Morgan fingerprint density at radius 2 is 1.86 bits per heavy atom. The first-order valence-electron chi connectivity index (χ1n) is 11.7. The van der Waals surface area contributed by atoms with Gasteiger partial charge in [-0.1, -0.05) is 34.1 Å². The van der Waals surface area contributed by atoms with Crippen molar-refractivity contribution < 1.29 is 4.42 Å². The largest absolute Gasteiger partial charge is 0.453 e. The summed E-state index contributed by atoms with van der Waals surface area (Å²) in [6, 6.07) is 21.3. The van der Waals surface area contributed by atoms with E-state index in [0.717, 1.165) is 28.5 Å². The Kier molecular flexibility index (Phi) is 5.49. The van der Waals surface area contributed by atoms with Gasteiger partial charge in [0.15, 0.2) is 5.76 Å². The maximum Gasteiger partial charge on any atom is 0.282 e. The minimum atomic E-state index is -0.242. The molecule has 0 bridgehead atoms. The molecule has 0 spiro atoms. The van der Waals surface area contributed by atoms with Crippen molar-refractivity contribution >= 4 is 49.7 Å². The van der Waals surface area contributed by atoms with E-state index in [0.29, 0.717) is 28.1 Å². The Morgan fingerprint density at radius 3 is 2.69 bits per heavy atom. The molecule has 5 aromatic rings. The third-order valence-electron chi connectivity index (χ3n) is 6.44. The molecule has 1 aliphatic heterocycles. The zero-order valence-corrected chi connectivity index (χ0v) is 20.8. The van der Waals surface area contributed by atoms with Crippen LogP contribution >= 0.6 is 15.9 Å². The fourth-order valence-corrected chi connectivity index (χ4v) is 5.09. The molecule has 0 atom stereocenters. The van der Waals surface area contributed by atoms with Gasteiger partial charge in [0.2, 0.25) is 5.82 Å². The molecule has 1 saturated heterocycles. The van der Waals surface area contributed by atoms with Crippen LogP contribution in [0.15, 0.2) is 85.5 Å². The maximum atomic E-state index is 13.5. The van der Waals surface area contributed by atoms with Crippen LogP contribution in [0, 0.1) is 6.92 Å². The summed E-state index contributed by atoms with van der Waals surface area (Å²) in [6.07, 6.45) is 4.19. The molecular weight excluding hydrogens is 504 g/mol. The summed E-state index contributed by atoms with van der Waals surface area (Å²) >= 11 is 3.50. The van der Waals surface area contributed by atoms with Gasteiger partial charge in [0.05, 0.1) is 17.1 Å². The minimum Gasteiger partial charge on any atom is -0.453 e. The van der Waals surface area contributed by atoms with Gasteiger partial charge in [-0.25, -0.2) is 4.98 Å². The highest BCUT2D eigenvalue weighted by atomic mass is 79.9. The van der Waals surface area contributed by atoms with E-state index in [-0.39, 0.29) is 5.56 Å². The van der Waals surface area contributed by atoms with Gasteiger partial charge < -0.3 is 9.32 Å². The van der Waals surface area contributed by atoms with E-state index in [9.17, 15) is 4.79 Å². The SMILES string of the molecule is Cc1cc(C=Nn2c(-c3cc4cc(Br)ccc4o3)nc3ccccc3c2=O)ccc1N1CCCC1. The van der Waals surface area contributed by atoms with Crippen molar-refractivity contribution in [3.63, 3.8) is 0 Å². The highest BCUT2D eigenvalue weighted by Gasteiger charge is 2.17. The van der Waals surface area contributed by atoms with Gasteiger partial charge in [-0.15, -0.1) is 0 Å². The van der Waals surface area contributed by atoms with Crippen LogP contribution in [0.25, 0.3) is 33.5 Å². The van der Waals surface area contributed by atoms with E-state index in [1.807, 2.05) is 48.5 Å². The van der Waals surface area contributed by atoms with Crippen LogP contribution in [0.3, 0.4) is 0 Å². The summed E-state index contributed by atoms with van der Waals surface area (Å²) in [7, 11) is 0. The highest BCUT2D eigenvalue weighted by Crippen LogP contribution is 2.29. The molecule has 35 heavy (non-hydrogen) atoms. The van der Waals surface area contributed by atoms with Gasteiger partial charge in [-0.2, -0.15) is 9.78 Å². The molecule has 1 aliphatic rings. The number of furan rings is 1. The number of fused-ring (bicyclic) bond motifs is 2. The normalized spacial score (nSPS) is 14.1. The van der Waals surface area contributed by atoms with Crippen molar-refractivity contribution in [3.05, 3.63) is 92.7 Å². The molecule has 0 amide bonds. The predicted octanol–water partition coefficient (Wildman–Crippen LogP) is 6.36. The Labute approximate surface area is 210 Å². The molecular formula is C28H23BrN4O2. The van der Waals surface area contributed by atoms with Crippen LogP contribution < -0.4 is 10.5 Å². The monoisotopic (exact) mass is 526 g/mol. The van der Waals surface area contributed by atoms with Gasteiger partial charge >= 0.3 is 0 Å². The molecule has 1 fully saturated rings. The van der Waals surface area contributed by atoms with Crippen LogP contribution in [0.5, 0.6) is 0 Å². The minimum absolute atomic E-state index is 0.242. The number of hydrogen-bond acceptors (Lipinski definition) is 5. The number of hydrogen-bond donors (Lipinski definition) is 0. The van der Waals surface area contributed by atoms with Crippen LogP contribution in [0.4, 0.5) is 5.69 Å². The highest BCUT2D eigenvalue weighted by molar-refractivity contribution is 9.10. The molecule has 0 unspecified atom stereocenters. The van der Waals surface area contributed by atoms with E-state index < -0.39 is 0 Å². The lowest BCUT2D eigenvalue weighted by molar-refractivity contribution is 0.616. The van der Waals surface area contributed by atoms with E-state index in [1.165, 1.54) is 28.8 Å². The molecule has 0 radical (unpaired) electrons. The topological polar surface area (TPSA) is 63.6 Å². The number of rotatable bonds is 4. The molecule has 3 aromatic carbocycles. The second kappa shape index (κ2) is 8.82. The Hall–Kier alpha value is -3.71. The zero-order chi connectivity index (χ0) is 23.9. The summed E-state index contributed by atoms with van der Waals surface area (Å²) in [5, 5.41) is 6.02. The quantitative estimate of drug-likeness (QED) is 0.255. The second-order valence-electron chi connectivity index (χ2n) is 8.85. The lowest BCUT2D eigenvalue weighted by Gasteiger charge is -2.20. The Morgan fingerprint density at radius 1 is 1.03 bits per heavy atom. The standard InChI is InChI=1S/C28H23BrN4O2/c1-18-14-19(8-10-24(18)32-12-4-5-13-32)17-30-33-27(31-23-7-3-2-6-22(23)28(33)34)26-16-20-15-21(29)9-11-25(20)35-26/h2-3,6-11,14-17H,4-5,12-13H2,1H3. The summed E-state index contributed by atoms with van der Waals surface area (Å²) in [5.41, 5.74) is 4.46. The van der Waals surface area contributed by atoms with Crippen molar-refractivity contribution in [2.75, 3.05) is 18.0 Å². The average Bonchev–Trinajstić information content (AvgIpc) is 3.53. The van der Waals surface area contributed by atoms with Crippen LogP contribution in [-0.2, 0) is 0 Å². The Bertz CT molecular complexity index is 1660. The number of aryl methyl sites for hydroxylation is 1. The fraction of sp³-hybridized carbons (Fsp3) is 0.179. The van der Waals surface area contributed by atoms with Crippen molar-refractivity contribution in [2.24, 2.45) is 5.10 Å². The van der Waals surface area contributed by atoms with Gasteiger partial charge in [0.25, 0.3) is 5.56 Å². The zero-order valence-electron chi connectivity index (χ0n) is 19.2. The first-order chi connectivity index (χ1) is 17.1. The lowest BCUT2D eigenvalue weighted by Crippen LogP contribution is -2.20. The number of anilines is 1. The predicted molar refractivity (Wildman–Crippen MR) is 145 cm³/mol. The van der Waals surface area contributed by atoms with Crippen LogP contribution in [0.1, 0.15) is 24.0 Å². The molecule has 174 valence electrons. The lowest BCUT2D eigenvalue weighted by atomic mass is 10.1. The van der Waals surface area contributed by atoms with E-state index >= 15 is 0 Å². The van der Waals surface area contributed by atoms with Crippen molar-refractivity contribution in [1.82, 2.24) is 9.66 Å². The third-order valence-corrected chi connectivity index (χ3v) is 6.94. The number of halogens is 1. The van der Waals surface area contributed by atoms with Crippen LogP contribution in [0.2, 0.25) is 0 Å². The number of nitrogens with zero attached hydrogens (tertiary/aromatic N) is 4. The molecule has 6 rings (SSSR count). The van der Waals surface area contributed by atoms with Crippen LogP contribution in [-0.4, -0.2) is 29.0 Å². The summed E-state index contributed by atoms with van der Waals surface area (Å²) in [5.74, 6) is 0.848. The summed E-state index contributed by atoms with van der Waals surface area (Å²) in [4.78, 5) is 20.6. The third kappa shape index (κ3) is 4.06. The van der Waals surface area contributed by atoms with Gasteiger partial charge in [-0.3, -0.25) is 4.79 Å². The number of para-hydroxylation sites is 1. The van der Waals surface area contributed by atoms with E-state index in [4.69, 9.17) is 9.40 Å². The molecule has 7 heteroatoms. The molecule has 0 aliphatic carbocycles. The molecule has 0 saturated carbocycles. The first kappa shape index (κ1) is 21.8. The van der Waals surface area contributed by atoms with E-state index in [1.54, 1.807) is 12.3 Å². The smallest absolute Gasteiger partial charge is 0.282 e. The Balaban J connectivity index is 1.46. The fourth-order valence-electron chi connectivity index (χ4n) is 4.71. The summed E-state index contributed by atoms with van der Waals surface area (Å²) in [6.45, 7) is 4.32. The molecule has 3 heterocycles.